The normalized spacial score (nSPS) is 17.8. The number of hydrogen-bond donors (Lipinski definition) is 1. The molecule has 0 radical (unpaired) electrons. The Morgan fingerprint density at radius 3 is 1.70 bits per heavy atom. The van der Waals surface area contributed by atoms with Gasteiger partial charge < -0.3 is 4.74 Å². The third-order valence-corrected chi connectivity index (χ3v) is 15.0. The molecule has 0 spiro atoms. The SMILES string of the molecule is COCN(Cc1ccccc1)C[Si](C)(C)C.O=S(c1ccccc1)C1CN(Cc2ccccc2)CC1(c1ccccc1)C(F)(F)F.O[S+](/C=C(\c1ccccc1)C(F)(F)F)c1ccccc1. The maximum atomic E-state index is 14.8. The third kappa shape index (κ3) is 15.1. The van der Waals surface area contributed by atoms with Gasteiger partial charge in [0.1, 0.15) is 11.0 Å². The fourth-order valence-electron chi connectivity index (χ4n) is 7.79. The molecule has 350 valence electrons. The minimum absolute atomic E-state index is 0.0440. The van der Waals surface area contributed by atoms with Crippen LogP contribution in [0.15, 0.2) is 197 Å². The molecule has 6 aromatic rings. The molecule has 1 aliphatic heterocycles. The van der Waals surface area contributed by atoms with Crippen LogP contribution in [0.1, 0.15) is 22.3 Å². The molecule has 6 aromatic carbocycles. The van der Waals surface area contributed by atoms with E-state index in [9.17, 15) is 35.1 Å². The molecule has 14 heteroatoms. The van der Waals surface area contributed by atoms with Gasteiger partial charge in [0.2, 0.25) is 11.2 Å². The lowest BCUT2D eigenvalue weighted by Crippen LogP contribution is -2.53. The Kier molecular flexibility index (Phi) is 19.2. The molecule has 4 unspecified atom stereocenters. The van der Waals surface area contributed by atoms with Crippen LogP contribution >= 0.6 is 0 Å². The Bertz CT molecular complexity index is 2380. The van der Waals surface area contributed by atoms with Gasteiger partial charge in [-0.25, -0.2) is 0 Å². The Morgan fingerprint density at radius 1 is 0.742 bits per heavy atom. The largest absolute Gasteiger partial charge is 0.421 e. The summed E-state index contributed by atoms with van der Waals surface area (Å²) in [6, 6.07) is 52.2. The van der Waals surface area contributed by atoms with Crippen LogP contribution in [0.4, 0.5) is 26.3 Å². The molecule has 1 saturated heterocycles. The first-order valence-corrected chi connectivity index (χ1v) is 27.5. The summed E-state index contributed by atoms with van der Waals surface area (Å²) in [5.41, 5.74) is -0.521. The van der Waals surface area contributed by atoms with Crippen LogP contribution in [-0.2, 0) is 45.2 Å². The molecule has 1 fully saturated rings. The number of halogens is 6. The number of ether oxygens (including phenoxy) is 1. The van der Waals surface area contributed by atoms with Gasteiger partial charge >= 0.3 is 12.4 Å². The number of rotatable bonds is 14. The Hall–Kier alpha value is -4.80. The predicted octanol–water partition coefficient (Wildman–Crippen LogP) is 12.9. The average molecular weight is 964 g/mol. The fourth-order valence-corrected chi connectivity index (χ4v) is 12.2. The highest BCUT2D eigenvalue weighted by molar-refractivity contribution is 7.94. The summed E-state index contributed by atoms with van der Waals surface area (Å²) in [6.07, 6.45) is -7.88. The van der Waals surface area contributed by atoms with Crippen molar-refractivity contribution in [1.29, 1.82) is 0 Å². The van der Waals surface area contributed by atoms with Crippen molar-refractivity contribution >= 4 is 35.6 Å². The van der Waals surface area contributed by atoms with Gasteiger partial charge in [-0.15, -0.1) is 0 Å². The van der Waals surface area contributed by atoms with Gasteiger partial charge in [-0.05, 0) is 52.7 Å². The van der Waals surface area contributed by atoms with Gasteiger partial charge in [0.15, 0.2) is 10.3 Å². The number of hydrogen-bond acceptors (Lipinski definition) is 5. The summed E-state index contributed by atoms with van der Waals surface area (Å²) in [6.45, 7) is 9.14. The van der Waals surface area contributed by atoms with Gasteiger partial charge in [0.25, 0.3) is 0 Å². The summed E-state index contributed by atoms with van der Waals surface area (Å²) >= 11 is -1.59. The maximum Gasteiger partial charge on any atom is 0.421 e. The zero-order valence-electron chi connectivity index (χ0n) is 37.5. The lowest BCUT2D eigenvalue weighted by Gasteiger charge is -2.36. The summed E-state index contributed by atoms with van der Waals surface area (Å²) in [5.74, 6) is 0. The van der Waals surface area contributed by atoms with Crippen LogP contribution in [-0.4, -0.2) is 77.3 Å². The van der Waals surface area contributed by atoms with Crippen molar-refractivity contribution in [2.24, 2.45) is 0 Å². The molecular formula is C52H57F6N2O3S2Si+. The summed E-state index contributed by atoms with van der Waals surface area (Å²) in [4.78, 5) is 5.04. The average Bonchev–Trinajstić information content (AvgIpc) is 3.70. The van der Waals surface area contributed by atoms with Crippen molar-refractivity contribution in [1.82, 2.24) is 9.80 Å². The zero-order valence-corrected chi connectivity index (χ0v) is 40.1. The number of benzene rings is 6. The van der Waals surface area contributed by atoms with Gasteiger partial charge in [-0.3, -0.25) is 14.0 Å². The van der Waals surface area contributed by atoms with Gasteiger partial charge in [0.05, 0.1) is 30.9 Å². The molecule has 0 aromatic heterocycles. The lowest BCUT2D eigenvalue weighted by molar-refractivity contribution is -0.185. The van der Waals surface area contributed by atoms with Crippen molar-refractivity contribution in [3.05, 3.63) is 210 Å². The van der Waals surface area contributed by atoms with E-state index in [0.29, 0.717) is 16.3 Å². The van der Waals surface area contributed by atoms with E-state index in [0.717, 1.165) is 24.2 Å². The van der Waals surface area contributed by atoms with E-state index in [4.69, 9.17) is 4.74 Å². The first-order chi connectivity index (χ1) is 31.4. The molecule has 4 atom stereocenters. The topological polar surface area (TPSA) is 53.0 Å². The van der Waals surface area contributed by atoms with Crippen molar-refractivity contribution in [2.45, 2.75) is 65.5 Å². The van der Waals surface area contributed by atoms with Crippen LogP contribution in [0.3, 0.4) is 0 Å². The van der Waals surface area contributed by atoms with Crippen molar-refractivity contribution in [3.63, 3.8) is 0 Å². The predicted molar refractivity (Wildman–Crippen MR) is 260 cm³/mol. The molecular weight excluding hydrogens is 907 g/mol. The summed E-state index contributed by atoms with van der Waals surface area (Å²) in [7, 11) is -1.11. The fraction of sp³-hybridized carbons (Fsp3) is 0.269. The Balaban J connectivity index is 0.000000198. The first kappa shape index (κ1) is 52.2. The zero-order chi connectivity index (χ0) is 47.8. The van der Waals surface area contributed by atoms with Crippen molar-refractivity contribution in [3.8, 4) is 0 Å². The van der Waals surface area contributed by atoms with Gasteiger partial charge in [0, 0.05) is 38.2 Å². The number of nitrogens with zero attached hydrogens (tertiary/aromatic N) is 2. The highest BCUT2D eigenvalue weighted by atomic mass is 32.2. The number of allylic oxidation sites excluding steroid dienone is 1. The Morgan fingerprint density at radius 2 is 1.21 bits per heavy atom. The number of alkyl halides is 6. The molecule has 1 aliphatic rings. The van der Waals surface area contributed by atoms with Crippen molar-refractivity contribution in [2.75, 3.05) is 33.1 Å². The summed E-state index contributed by atoms with van der Waals surface area (Å²) in [5, 5.41) is -0.240. The quantitative estimate of drug-likeness (QED) is 0.0510. The Labute approximate surface area is 391 Å². The van der Waals surface area contributed by atoms with E-state index >= 15 is 0 Å². The van der Waals surface area contributed by atoms with Gasteiger partial charge in [-0.1, -0.05) is 177 Å². The highest BCUT2D eigenvalue weighted by Crippen LogP contribution is 2.50. The molecule has 0 amide bonds. The van der Waals surface area contributed by atoms with E-state index in [1.54, 1.807) is 96.9 Å². The highest BCUT2D eigenvalue weighted by Gasteiger charge is 2.66. The molecule has 1 N–H and O–H groups in total. The van der Waals surface area contributed by atoms with E-state index in [2.05, 4.69) is 54.9 Å². The molecule has 7 rings (SSSR count). The van der Waals surface area contributed by atoms with Crippen molar-refractivity contribution < 1.29 is 39.8 Å². The lowest BCUT2D eigenvalue weighted by atomic mass is 9.78. The van der Waals surface area contributed by atoms with Gasteiger partial charge in [-0.2, -0.15) is 30.9 Å². The third-order valence-electron chi connectivity index (χ3n) is 10.6. The van der Waals surface area contributed by atoms with E-state index in [1.165, 1.54) is 48.1 Å². The van der Waals surface area contributed by atoms with Crippen LogP contribution in [0.5, 0.6) is 0 Å². The van der Waals surface area contributed by atoms with E-state index in [-0.39, 0.29) is 24.2 Å². The minimum Gasteiger partial charge on any atom is -0.369 e. The second-order valence-corrected chi connectivity index (χ2v) is 25.5. The molecule has 1 heterocycles. The minimum atomic E-state index is -4.55. The second-order valence-electron chi connectivity index (χ2n) is 17.1. The molecule has 0 bridgehead atoms. The monoisotopic (exact) mass is 963 g/mol. The van der Waals surface area contributed by atoms with Crippen LogP contribution < -0.4 is 0 Å². The van der Waals surface area contributed by atoms with E-state index in [1.807, 2.05) is 30.3 Å². The van der Waals surface area contributed by atoms with Crippen LogP contribution in [0.25, 0.3) is 5.57 Å². The maximum absolute atomic E-state index is 14.8. The molecule has 5 nitrogen and oxygen atoms in total. The molecule has 0 saturated carbocycles. The van der Waals surface area contributed by atoms with Crippen LogP contribution in [0, 0.1) is 0 Å². The van der Waals surface area contributed by atoms with Crippen LogP contribution in [0.2, 0.25) is 19.6 Å². The summed E-state index contributed by atoms with van der Waals surface area (Å²) < 4.78 is 112. The molecule has 66 heavy (non-hydrogen) atoms. The standard InChI is InChI=1S/C24H22F3NOS.C15H12F3OS.C13H23NOSi/c25-24(26,27)23(20-12-6-2-7-13-20)18-28(16-19-10-4-1-5-11-19)17-22(23)30(29)21-14-8-3-9-15-21;16-15(17,18)14(12-7-3-1-4-8-12)11-20(19)13-9-5-2-6-10-13;1-15-11-14(12-16(2,3)4)10-13-8-6-5-7-9-13/h1-15,22H,16-18H2;1-11,19H;5-9H,10-12H2,1-4H3/q;+1;/b;14-11+;. The van der Waals surface area contributed by atoms with E-state index < -0.39 is 58.6 Å². The number of methoxy groups -OCH3 is 1. The molecule has 0 aliphatic carbocycles. The first-order valence-electron chi connectivity index (χ1n) is 21.3. The number of likely N-dealkylation sites (tertiary alicyclic amines) is 1. The second kappa shape index (κ2) is 24.3. The smallest absolute Gasteiger partial charge is 0.369 e.